The summed E-state index contributed by atoms with van der Waals surface area (Å²) in [6.45, 7) is 17.1. The smallest absolute Gasteiger partial charge is 0.333 e. The molecule has 2 atom stereocenters. The van der Waals surface area contributed by atoms with E-state index < -0.39 is 23.0 Å². The van der Waals surface area contributed by atoms with Crippen LogP contribution < -0.4 is 5.32 Å². The number of esters is 1. The van der Waals surface area contributed by atoms with Crippen molar-refractivity contribution >= 4 is 17.8 Å². The summed E-state index contributed by atoms with van der Waals surface area (Å²) in [7, 11) is 5.37. The average molecular weight is 426 g/mol. The third kappa shape index (κ3) is 7.42. The van der Waals surface area contributed by atoms with Crippen LogP contribution >= 0.6 is 0 Å². The minimum Gasteiger partial charge on any atom is -0.463 e. The number of carbonyl (C=O) groups excluding carboxylic acids is 3. The van der Waals surface area contributed by atoms with Crippen molar-refractivity contribution in [3.8, 4) is 0 Å². The second-order valence-corrected chi connectivity index (χ2v) is 9.98. The van der Waals surface area contributed by atoms with Crippen molar-refractivity contribution < 1.29 is 19.1 Å². The molecule has 1 N–H and O–H groups in total. The lowest BCUT2D eigenvalue weighted by molar-refractivity contribution is -0.142. The number of likely N-dealkylation sites (N-methyl/N-ethyl adjacent to an activating group) is 2. The standard InChI is InChI=1S/C23H43N3O4/c1-13-30-20(28)16(4)14-17(15(2)3)26(12)19(27)18(22(5,6)7)24-21(29)23(8,9)25(10)11/h14-15,17-18H,13H2,1-12H3,(H,24,29)/t17-,18-/m1/s1. The Hall–Kier alpha value is -1.89. The van der Waals surface area contributed by atoms with Crippen molar-refractivity contribution in [3.05, 3.63) is 11.6 Å². The molecule has 0 bridgehead atoms. The number of hydrogen-bond donors (Lipinski definition) is 1. The van der Waals surface area contributed by atoms with Gasteiger partial charge in [-0.2, -0.15) is 0 Å². The molecule has 0 heterocycles. The number of nitrogens with one attached hydrogen (secondary N) is 1. The van der Waals surface area contributed by atoms with E-state index in [-0.39, 0.29) is 23.8 Å². The molecule has 0 spiro atoms. The van der Waals surface area contributed by atoms with E-state index in [0.29, 0.717) is 12.2 Å². The van der Waals surface area contributed by atoms with Crippen molar-refractivity contribution in [1.29, 1.82) is 0 Å². The van der Waals surface area contributed by atoms with E-state index in [4.69, 9.17) is 4.74 Å². The first kappa shape index (κ1) is 28.1. The van der Waals surface area contributed by atoms with Gasteiger partial charge in [0.05, 0.1) is 18.2 Å². The zero-order valence-electron chi connectivity index (χ0n) is 21.0. The van der Waals surface area contributed by atoms with Gasteiger partial charge in [-0.3, -0.25) is 14.5 Å². The SMILES string of the molecule is CCOC(=O)C(C)=C[C@H](C(C)C)N(C)C(=O)[C@@H](NC(=O)C(C)(C)N(C)C)C(C)(C)C. The number of amides is 2. The predicted octanol–water partition coefficient (Wildman–Crippen LogP) is 2.85. The molecule has 7 heteroatoms. The minimum absolute atomic E-state index is 0.0675. The van der Waals surface area contributed by atoms with Gasteiger partial charge < -0.3 is 15.0 Å². The van der Waals surface area contributed by atoms with Crippen LogP contribution in [-0.2, 0) is 19.1 Å². The summed E-state index contributed by atoms with van der Waals surface area (Å²) >= 11 is 0. The Labute approximate surface area is 183 Å². The van der Waals surface area contributed by atoms with Crippen LogP contribution in [0.3, 0.4) is 0 Å². The molecule has 0 fully saturated rings. The van der Waals surface area contributed by atoms with Crippen LogP contribution in [-0.4, -0.2) is 73.0 Å². The van der Waals surface area contributed by atoms with Crippen LogP contribution in [0.25, 0.3) is 0 Å². The predicted molar refractivity (Wildman–Crippen MR) is 121 cm³/mol. The summed E-state index contributed by atoms with van der Waals surface area (Å²) in [4.78, 5) is 41.9. The zero-order valence-corrected chi connectivity index (χ0v) is 21.0. The minimum atomic E-state index is -0.764. The van der Waals surface area contributed by atoms with E-state index >= 15 is 0 Å². The molecule has 2 amide bonds. The Balaban J connectivity index is 5.89. The monoisotopic (exact) mass is 425 g/mol. The van der Waals surface area contributed by atoms with Gasteiger partial charge in [0.1, 0.15) is 6.04 Å². The molecule has 0 aliphatic heterocycles. The topological polar surface area (TPSA) is 79.0 Å². The Morgan fingerprint density at radius 2 is 1.53 bits per heavy atom. The summed E-state index contributed by atoms with van der Waals surface area (Å²) in [5.41, 5.74) is -0.800. The number of nitrogens with zero attached hydrogens (tertiary/aromatic N) is 2. The Kier molecular flexibility index (Phi) is 10.2. The summed E-state index contributed by atoms with van der Waals surface area (Å²) in [6, 6.07) is -1.03. The Bertz CT molecular complexity index is 645. The molecular formula is C23H43N3O4. The fourth-order valence-electron chi connectivity index (χ4n) is 2.83. The fourth-order valence-corrected chi connectivity index (χ4v) is 2.83. The molecule has 0 saturated heterocycles. The number of hydrogen-bond acceptors (Lipinski definition) is 5. The second kappa shape index (κ2) is 10.9. The van der Waals surface area contributed by atoms with Gasteiger partial charge in [-0.1, -0.05) is 40.7 Å². The first-order chi connectivity index (χ1) is 13.5. The summed E-state index contributed by atoms with van der Waals surface area (Å²) in [5.74, 6) is -0.735. The van der Waals surface area contributed by atoms with Crippen LogP contribution in [0.2, 0.25) is 0 Å². The van der Waals surface area contributed by atoms with Gasteiger partial charge in [0.2, 0.25) is 11.8 Å². The highest BCUT2D eigenvalue weighted by molar-refractivity contribution is 5.92. The maximum Gasteiger partial charge on any atom is 0.333 e. The van der Waals surface area contributed by atoms with Gasteiger partial charge in [-0.15, -0.1) is 0 Å². The first-order valence-electron chi connectivity index (χ1n) is 10.6. The van der Waals surface area contributed by atoms with E-state index in [2.05, 4.69) is 5.32 Å². The summed E-state index contributed by atoms with van der Waals surface area (Å²) in [6.07, 6.45) is 1.77. The molecule has 0 aromatic heterocycles. The lowest BCUT2D eigenvalue weighted by atomic mass is 9.84. The maximum atomic E-state index is 13.5. The fraction of sp³-hybridized carbons (Fsp3) is 0.783. The number of ether oxygens (including phenoxy) is 1. The van der Waals surface area contributed by atoms with Crippen LogP contribution in [0.1, 0.15) is 62.3 Å². The molecule has 174 valence electrons. The number of rotatable bonds is 9. The van der Waals surface area contributed by atoms with Crippen LogP contribution in [0.5, 0.6) is 0 Å². The van der Waals surface area contributed by atoms with E-state index in [1.165, 1.54) is 0 Å². The van der Waals surface area contributed by atoms with Crippen molar-refractivity contribution in [2.24, 2.45) is 11.3 Å². The number of carbonyl (C=O) groups is 3. The third-order valence-corrected chi connectivity index (χ3v) is 5.56. The van der Waals surface area contributed by atoms with Gasteiger partial charge >= 0.3 is 5.97 Å². The largest absolute Gasteiger partial charge is 0.463 e. The third-order valence-electron chi connectivity index (χ3n) is 5.56. The normalized spacial score (nSPS) is 15.1. The van der Waals surface area contributed by atoms with E-state index in [1.807, 2.05) is 67.5 Å². The molecule has 0 aromatic carbocycles. The highest BCUT2D eigenvalue weighted by Gasteiger charge is 2.40. The Morgan fingerprint density at radius 3 is 1.90 bits per heavy atom. The van der Waals surface area contributed by atoms with Gasteiger partial charge in [0.25, 0.3) is 0 Å². The second-order valence-electron chi connectivity index (χ2n) is 9.98. The first-order valence-corrected chi connectivity index (χ1v) is 10.6. The lowest BCUT2D eigenvalue weighted by Gasteiger charge is -2.40. The summed E-state index contributed by atoms with van der Waals surface area (Å²) < 4.78 is 5.07. The molecule has 0 rings (SSSR count). The highest BCUT2D eigenvalue weighted by Crippen LogP contribution is 2.25. The summed E-state index contributed by atoms with van der Waals surface area (Å²) in [5, 5.41) is 2.97. The molecule has 0 aliphatic rings. The van der Waals surface area contributed by atoms with E-state index in [0.717, 1.165) is 0 Å². The molecule has 0 saturated carbocycles. The van der Waals surface area contributed by atoms with Crippen molar-refractivity contribution in [2.45, 2.75) is 79.9 Å². The molecule has 0 aliphatic carbocycles. The van der Waals surface area contributed by atoms with Gasteiger partial charge in [-0.05, 0) is 53.1 Å². The van der Waals surface area contributed by atoms with E-state index in [1.54, 1.807) is 31.9 Å². The highest BCUT2D eigenvalue weighted by atomic mass is 16.5. The van der Waals surface area contributed by atoms with Crippen molar-refractivity contribution in [2.75, 3.05) is 27.7 Å². The van der Waals surface area contributed by atoms with Crippen LogP contribution in [0.4, 0.5) is 0 Å². The molecule has 0 unspecified atom stereocenters. The van der Waals surface area contributed by atoms with Crippen molar-refractivity contribution in [1.82, 2.24) is 15.1 Å². The van der Waals surface area contributed by atoms with Gasteiger partial charge in [0.15, 0.2) is 0 Å². The van der Waals surface area contributed by atoms with Gasteiger partial charge in [-0.25, -0.2) is 4.79 Å². The van der Waals surface area contributed by atoms with Crippen LogP contribution in [0.15, 0.2) is 11.6 Å². The molecule has 0 aromatic rings. The molecule has 7 nitrogen and oxygen atoms in total. The quantitative estimate of drug-likeness (QED) is 0.454. The van der Waals surface area contributed by atoms with Crippen molar-refractivity contribution in [3.63, 3.8) is 0 Å². The van der Waals surface area contributed by atoms with Gasteiger partial charge in [0, 0.05) is 12.6 Å². The van der Waals surface area contributed by atoms with Crippen LogP contribution in [0, 0.1) is 11.3 Å². The molecule has 0 radical (unpaired) electrons. The maximum absolute atomic E-state index is 13.5. The Morgan fingerprint density at radius 1 is 1.03 bits per heavy atom. The molecule has 30 heavy (non-hydrogen) atoms. The van der Waals surface area contributed by atoms with E-state index in [9.17, 15) is 14.4 Å². The molecular weight excluding hydrogens is 382 g/mol. The zero-order chi connectivity index (χ0) is 24.0. The average Bonchev–Trinajstić information content (AvgIpc) is 2.61. The lowest BCUT2D eigenvalue weighted by Crippen LogP contribution is -2.61.